The van der Waals surface area contributed by atoms with Crippen LogP contribution in [0.4, 0.5) is 0 Å². The maximum atomic E-state index is 5.60. The molecule has 0 N–H and O–H groups in total. The van der Waals surface area contributed by atoms with Gasteiger partial charge in [0, 0.05) is 30.1 Å². The Balaban J connectivity index is 1.65. The summed E-state index contributed by atoms with van der Waals surface area (Å²) in [4.78, 5) is 0. The molecule has 136 valence electrons. The maximum absolute atomic E-state index is 5.60. The minimum Gasteiger partial charge on any atom is -0.494 e. The number of aromatic nitrogens is 2. The molecule has 3 heterocycles. The van der Waals surface area contributed by atoms with Gasteiger partial charge >= 0.3 is 0 Å². The van der Waals surface area contributed by atoms with Crippen molar-refractivity contribution in [3.8, 4) is 28.1 Å². The Hall–Kier alpha value is -2.94. The lowest BCUT2D eigenvalue weighted by Crippen LogP contribution is -1.98. The van der Waals surface area contributed by atoms with E-state index in [0.29, 0.717) is 6.61 Å². The van der Waals surface area contributed by atoms with Gasteiger partial charge < -0.3 is 13.7 Å². The first-order valence-corrected chi connectivity index (χ1v) is 9.87. The summed E-state index contributed by atoms with van der Waals surface area (Å²) in [6.07, 6.45) is 8.19. The van der Waals surface area contributed by atoms with Crippen LogP contribution in [0.3, 0.4) is 0 Å². The van der Waals surface area contributed by atoms with Gasteiger partial charge in [0.25, 0.3) is 0 Å². The molecular weight excluding hydrogens is 332 g/mol. The van der Waals surface area contributed by atoms with Crippen LogP contribution >= 0.6 is 0 Å². The fourth-order valence-electron chi connectivity index (χ4n) is 4.30. The number of ether oxygens (including phenoxy) is 1. The van der Waals surface area contributed by atoms with Crippen molar-refractivity contribution in [2.24, 2.45) is 0 Å². The smallest absolute Gasteiger partial charge is 0.121 e. The second kappa shape index (κ2) is 6.66. The summed E-state index contributed by atoms with van der Waals surface area (Å²) in [7, 11) is 0. The van der Waals surface area contributed by atoms with Crippen LogP contribution < -0.4 is 4.74 Å². The molecule has 0 amide bonds. The van der Waals surface area contributed by atoms with E-state index in [0.717, 1.165) is 18.7 Å². The van der Waals surface area contributed by atoms with E-state index in [1.54, 1.807) is 0 Å². The first-order chi connectivity index (χ1) is 13.3. The van der Waals surface area contributed by atoms with E-state index >= 15 is 0 Å². The molecule has 4 aromatic rings. The van der Waals surface area contributed by atoms with E-state index in [1.807, 2.05) is 6.92 Å². The lowest BCUT2D eigenvalue weighted by molar-refractivity contribution is 0.340. The third-order valence-electron chi connectivity index (χ3n) is 5.52. The van der Waals surface area contributed by atoms with E-state index in [-0.39, 0.29) is 0 Å². The predicted molar refractivity (Wildman–Crippen MR) is 110 cm³/mol. The van der Waals surface area contributed by atoms with E-state index < -0.39 is 0 Å². The molecule has 1 aliphatic heterocycles. The highest BCUT2D eigenvalue weighted by Gasteiger charge is 2.21. The largest absolute Gasteiger partial charge is 0.494 e. The Bertz CT molecular complexity index is 1070. The van der Waals surface area contributed by atoms with Gasteiger partial charge in [0.1, 0.15) is 11.4 Å². The maximum Gasteiger partial charge on any atom is 0.121 e. The molecule has 27 heavy (non-hydrogen) atoms. The van der Waals surface area contributed by atoms with E-state index in [1.165, 1.54) is 46.4 Å². The molecule has 3 nitrogen and oxygen atoms in total. The molecule has 2 aromatic carbocycles. The lowest BCUT2D eigenvalue weighted by Gasteiger charge is -2.08. The summed E-state index contributed by atoms with van der Waals surface area (Å²) < 4.78 is 10.4. The molecule has 5 rings (SSSR count). The minimum atomic E-state index is 0.702. The van der Waals surface area contributed by atoms with Crippen LogP contribution in [0.5, 0.6) is 5.75 Å². The van der Waals surface area contributed by atoms with Gasteiger partial charge in [-0.05, 0) is 49.4 Å². The monoisotopic (exact) mass is 356 g/mol. The lowest BCUT2D eigenvalue weighted by atomic mass is 10.0. The molecule has 0 bridgehead atoms. The van der Waals surface area contributed by atoms with Gasteiger partial charge in [-0.15, -0.1) is 0 Å². The van der Waals surface area contributed by atoms with Gasteiger partial charge in [-0.2, -0.15) is 0 Å². The zero-order chi connectivity index (χ0) is 18.2. The standard InChI is InChI=1S/C24H24N2O/c1-2-27-20-13-11-18(12-14-20)22-16-25-17-23(19-8-4-3-5-9-19)26-15-7-6-10-21(22)24(25)26/h3-5,8-9,11-14,16-17H,2,6-7,10,15H2,1H3. The number of imidazole rings is 1. The Kier molecular flexibility index (Phi) is 4.01. The molecule has 0 saturated heterocycles. The third-order valence-corrected chi connectivity index (χ3v) is 5.52. The number of hydrogen-bond acceptors (Lipinski definition) is 1. The molecule has 0 saturated carbocycles. The highest BCUT2D eigenvalue weighted by Crippen LogP contribution is 2.36. The van der Waals surface area contributed by atoms with E-state index in [9.17, 15) is 0 Å². The molecule has 0 radical (unpaired) electrons. The van der Waals surface area contributed by atoms with Crippen LogP contribution in [-0.4, -0.2) is 15.6 Å². The van der Waals surface area contributed by atoms with Gasteiger partial charge in [0.05, 0.1) is 12.3 Å². The summed E-state index contributed by atoms with van der Waals surface area (Å²) in [6.45, 7) is 3.80. The number of benzene rings is 2. The number of hydrogen-bond donors (Lipinski definition) is 0. The Morgan fingerprint density at radius 1 is 0.889 bits per heavy atom. The average Bonchev–Trinajstić information content (AvgIpc) is 3.14. The first kappa shape index (κ1) is 16.2. The summed E-state index contributed by atoms with van der Waals surface area (Å²) in [5.41, 5.74) is 8.05. The van der Waals surface area contributed by atoms with Gasteiger partial charge in [-0.1, -0.05) is 42.5 Å². The normalized spacial score (nSPS) is 13.7. The first-order valence-electron chi connectivity index (χ1n) is 9.87. The van der Waals surface area contributed by atoms with Crippen molar-refractivity contribution in [2.45, 2.75) is 32.7 Å². The average molecular weight is 356 g/mol. The topological polar surface area (TPSA) is 18.6 Å². The Labute approximate surface area is 159 Å². The van der Waals surface area contributed by atoms with Crippen molar-refractivity contribution in [2.75, 3.05) is 6.61 Å². The highest BCUT2D eigenvalue weighted by molar-refractivity contribution is 5.78. The highest BCUT2D eigenvalue weighted by atomic mass is 16.5. The molecule has 0 aliphatic carbocycles. The molecule has 1 aliphatic rings. The summed E-state index contributed by atoms with van der Waals surface area (Å²) >= 11 is 0. The summed E-state index contributed by atoms with van der Waals surface area (Å²) in [5, 5.41) is 0. The van der Waals surface area contributed by atoms with Crippen molar-refractivity contribution in [3.05, 3.63) is 72.6 Å². The summed E-state index contributed by atoms with van der Waals surface area (Å²) in [6, 6.07) is 19.3. The molecule has 0 atom stereocenters. The van der Waals surface area contributed by atoms with Crippen molar-refractivity contribution >= 4 is 5.65 Å². The molecule has 0 fully saturated rings. The van der Waals surface area contributed by atoms with Crippen LogP contribution in [0.25, 0.3) is 28.0 Å². The van der Waals surface area contributed by atoms with Gasteiger partial charge in [0.15, 0.2) is 0 Å². The zero-order valence-corrected chi connectivity index (χ0v) is 15.7. The van der Waals surface area contributed by atoms with Crippen molar-refractivity contribution < 1.29 is 4.74 Å². The van der Waals surface area contributed by atoms with Gasteiger partial charge in [0.2, 0.25) is 0 Å². The van der Waals surface area contributed by atoms with Crippen molar-refractivity contribution in [1.82, 2.24) is 8.97 Å². The molecule has 0 unspecified atom stereocenters. The van der Waals surface area contributed by atoms with E-state index in [2.05, 4.69) is 76.0 Å². The number of aryl methyl sites for hydroxylation is 2. The molecular formula is C24H24N2O. The van der Waals surface area contributed by atoms with Gasteiger partial charge in [-0.3, -0.25) is 0 Å². The fourth-order valence-corrected chi connectivity index (χ4v) is 4.30. The predicted octanol–water partition coefficient (Wildman–Crippen LogP) is 5.81. The third kappa shape index (κ3) is 2.74. The second-order valence-electron chi connectivity index (χ2n) is 7.20. The second-order valence-corrected chi connectivity index (χ2v) is 7.20. The van der Waals surface area contributed by atoms with Crippen molar-refractivity contribution in [1.29, 1.82) is 0 Å². The Morgan fingerprint density at radius 3 is 2.48 bits per heavy atom. The zero-order valence-electron chi connectivity index (χ0n) is 15.7. The van der Waals surface area contributed by atoms with E-state index in [4.69, 9.17) is 4.74 Å². The molecule has 3 heteroatoms. The fraction of sp³-hybridized carbons (Fsp3) is 0.250. The van der Waals surface area contributed by atoms with Crippen LogP contribution in [0.15, 0.2) is 67.0 Å². The van der Waals surface area contributed by atoms with Crippen molar-refractivity contribution in [3.63, 3.8) is 0 Å². The van der Waals surface area contributed by atoms with Crippen LogP contribution in [-0.2, 0) is 13.0 Å². The SMILES string of the molecule is CCOc1ccc(-c2cn3cc(-c4ccccc4)n4c3c2CCCC4)cc1. The van der Waals surface area contributed by atoms with Crippen LogP contribution in [0.2, 0.25) is 0 Å². The number of nitrogens with zero attached hydrogens (tertiary/aromatic N) is 2. The Morgan fingerprint density at radius 2 is 1.70 bits per heavy atom. The quantitative estimate of drug-likeness (QED) is 0.451. The molecule has 0 spiro atoms. The van der Waals surface area contributed by atoms with Crippen LogP contribution in [0.1, 0.15) is 25.3 Å². The van der Waals surface area contributed by atoms with Crippen LogP contribution in [0, 0.1) is 0 Å². The number of rotatable bonds is 4. The minimum absolute atomic E-state index is 0.702. The molecule has 2 aromatic heterocycles. The summed E-state index contributed by atoms with van der Waals surface area (Å²) in [5.74, 6) is 0.937. The van der Waals surface area contributed by atoms with Gasteiger partial charge in [-0.25, -0.2) is 0 Å².